The lowest BCUT2D eigenvalue weighted by molar-refractivity contribution is 0.614. The maximum atomic E-state index is 10.7. The third-order valence-corrected chi connectivity index (χ3v) is 2.36. The SMILES string of the molecule is Cc1ccc(Cl)cc1NS(=O)(=O)Cl. The highest BCUT2D eigenvalue weighted by atomic mass is 35.7. The molecule has 0 heterocycles. The van der Waals surface area contributed by atoms with E-state index in [2.05, 4.69) is 4.72 Å². The van der Waals surface area contributed by atoms with E-state index in [4.69, 9.17) is 22.3 Å². The fraction of sp³-hybridized carbons (Fsp3) is 0.143. The van der Waals surface area contributed by atoms with Gasteiger partial charge in [0.1, 0.15) is 0 Å². The summed E-state index contributed by atoms with van der Waals surface area (Å²) in [6, 6.07) is 4.87. The molecule has 1 rings (SSSR count). The van der Waals surface area contributed by atoms with Crippen molar-refractivity contribution < 1.29 is 8.42 Å². The van der Waals surface area contributed by atoms with Gasteiger partial charge in [0.25, 0.3) is 0 Å². The van der Waals surface area contributed by atoms with Crippen molar-refractivity contribution in [2.75, 3.05) is 4.72 Å². The first-order chi connectivity index (χ1) is 5.88. The van der Waals surface area contributed by atoms with Gasteiger partial charge in [0.05, 0.1) is 5.69 Å². The Morgan fingerprint density at radius 2 is 2.00 bits per heavy atom. The molecule has 0 amide bonds. The van der Waals surface area contributed by atoms with Gasteiger partial charge < -0.3 is 0 Å². The molecule has 72 valence electrons. The van der Waals surface area contributed by atoms with Crippen molar-refractivity contribution in [1.29, 1.82) is 0 Å². The molecule has 13 heavy (non-hydrogen) atoms. The Bertz CT molecular complexity index is 417. The summed E-state index contributed by atoms with van der Waals surface area (Å²) in [5, 5.41) is 0.452. The van der Waals surface area contributed by atoms with Gasteiger partial charge in [-0.2, -0.15) is 8.42 Å². The number of aryl methyl sites for hydroxylation is 1. The van der Waals surface area contributed by atoms with Crippen molar-refractivity contribution in [3.8, 4) is 0 Å². The molecule has 0 fully saturated rings. The van der Waals surface area contributed by atoms with Crippen LogP contribution in [0, 0.1) is 6.92 Å². The number of hydrogen-bond donors (Lipinski definition) is 1. The number of nitrogens with one attached hydrogen (secondary N) is 1. The molecule has 0 saturated heterocycles. The number of halogens is 2. The van der Waals surface area contributed by atoms with E-state index in [1.165, 1.54) is 6.07 Å². The van der Waals surface area contributed by atoms with Crippen LogP contribution in [0.2, 0.25) is 5.02 Å². The molecular formula is C7H7Cl2NO2S. The quantitative estimate of drug-likeness (QED) is 0.807. The highest BCUT2D eigenvalue weighted by Crippen LogP contribution is 2.21. The van der Waals surface area contributed by atoms with Crippen molar-refractivity contribution in [1.82, 2.24) is 0 Å². The summed E-state index contributed by atoms with van der Waals surface area (Å²) in [7, 11) is 1.26. The minimum absolute atomic E-state index is 0.391. The maximum absolute atomic E-state index is 10.7. The highest BCUT2D eigenvalue weighted by molar-refractivity contribution is 8.14. The molecule has 0 spiro atoms. The fourth-order valence-corrected chi connectivity index (χ4v) is 1.74. The minimum atomic E-state index is -3.75. The van der Waals surface area contributed by atoms with E-state index in [-0.39, 0.29) is 0 Å². The molecule has 0 aliphatic carbocycles. The van der Waals surface area contributed by atoms with E-state index in [1.807, 2.05) is 0 Å². The highest BCUT2D eigenvalue weighted by Gasteiger charge is 2.06. The zero-order valence-corrected chi connectivity index (χ0v) is 9.04. The van der Waals surface area contributed by atoms with Gasteiger partial charge in [-0.3, -0.25) is 4.72 Å². The lowest BCUT2D eigenvalue weighted by atomic mass is 10.2. The van der Waals surface area contributed by atoms with E-state index in [0.717, 1.165) is 5.56 Å². The topological polar surface area (TPSA) is 46.2 Å². The van der Waals surface area contributed by atoms with Gasteiger partial charge in [-0.15, -0.1) is 0 Å². The van der Waals surface area contributed by atoms with Gasteiger partial charge in [0.15, 0.2) is 0 Å². The third kappa shape index (κ3) is 3.42. The molecule has 3 nitrogen and oxygen atoms in total. The first-order valence-corrected chi connectivity index (χ1v) is 6.06. The predicted molar refractivity (Wildman–Crippen MR) is 54.6 cm³/mol. The van der Waals surface area contributed by atoms with Crippen LogP contribution in [0.4, 0.5) is 5.69 Å². The molecule has 1 aromatic carbocycles. The Kier molecular flexibility index (Phi) is 3.05. The Hall–Kier alpha value is -0.450. The second-order valence-corrected chi connectivity index (χ2v) is 5.23. The molecule has 0 atom stereocenters. The first-order valence-electron chi connectivity index (χ1n) is 3.37. The van der Waals surface area contributed by atoms with Gasteiger partial charge in [0.2, 0.25) is 0 Å². The summed E-state index contributed by atoms with van der Waals surface area (Å²) in [6.45, 7) is 1.75. The molecule has 1 N–H and O–H groups in total. The van der Waals surface area contributed by atoms with E-state index in [0.29, 0.717) is 10.7 Å². The van der Waals surface area contributed by atoms with Crippen LogP contribution >= 0.6 is 22.3 Å². The summed E-state index contributed by atoms with van der Waals surface area (Å²) in [4.78, 5) is 0. The van der Waals surface area contributed by atoms with Crippen LogP contribution in [-0.2, 0) is 9.24 Å². The van der Waals surface area contributed by atoms with Crippen molar-refractivity contribution in [2.45, 2.75) is 6.92 Å². The van der Waals surface area contributed by atoms with Gasteiger partial charge >= 0.3 is 9.24 Å². The summed E-state index contributed by atoms with van der Waals surface area (Å²) in [5.41, 5.74) is 1.15. The van der Waals surface area contributed by atoms with Gasteiger partial charge in [-0.05, 0) is 24.6 Å². The Balaban J connectivity index is 3.08. The van der Waals surface area contributed by atoms with Crippen molar-refractivity contribution in [3.63, 3.8) is 0 Å². The molecule has 1 aromatic rings. The zero-order valence-electron chi connectivity index (χ0n) is 6.71. The fourth-order valence-electron chi connectivity index (χ4n) is 0.836. The second kappa shape index (κ2) is 3.74. The Labute approximate surface area is 86.2 Å². The smallest absolute Gasteiger partial charge is 0.271 e. The van der Waals surface area contributed by atoms with Crippen molar-refractivity contribution >= 4 is 37.2 Å². The van der Waals surface area contributed by atoms with E-state index < -0.39 is 9.24 Å². The van der Waals surface area contributed by atoms with Crippen LogP contribution in [0.5, 0.6) is 0 Å². The zero-order chi connectivity index (χ0) is 10.1. The molecule has 0 aliphatic rings. The summed E-state index contributed by atoms with van der Waals surface area (Å²) in [5.74, 6) is 0. The first kappa shape index (κ1) is 10.6. The normalized spacial score (nSPS) is 11.3. The maximum Gasteiger partial charge on any atom is 0.319 e. The van der Waals surface area contributed by atoms with E-state index in [1.54, 1.807) is 19.1 Å². The molecule has 0 bridgehead atoms. The third-order valence-electron chi connectivity index (χ3n) is 1.43. The number of rotatable bonds is 2. The molecular weight excluding hydrogens is 233 g/mol. The number of anilines is 1. The lowest BCUT2D eigenvalue weighted by Crippen LogP contribution is -2.05. The van der Waals surface area contributed by atoms with Crippen LogP contribution in [0.15, 0.2) is 18.2 Å². The molecule has 0 unspecified atom stereocenters. The lowest BCUT2D eigenvalue weighted by Gasteiger charge is -2.05. The molecule has 0 aromatic heterocycles. The molecule has 0 radical (unpaired) electrons. The van der Waals surface area contributed by atoms with E-state index >= 15 is 0 Å². The summed E-state index contributed by atoms with van der Waals surface area (Å²) in [6.07, 6.45) is 0. The molecule has 6 heteroatoms. The number of benzene rings is 1. The summed E-state index contributed by atoms with van der Waals surface area (Å²) < 4.78 is 23.5. The van der Waals surface area contributed by atoms with Crippen LogP contribution in [0.25, 0.3) is 0 Å². The van der Waals surface area contributed by atoms with Crippen molar-refractivity contribution in [3.05, 3.63) is 28.8 Å². The second-order valence-electron chi connectivity index (χ2n) is 2.50. The Morgan fingerprint density at radius 3 is 2.54 bits per heavy atom. The standard InChI is InChI=1S/C7H7Cl2NO2S/c1-5-2-3-6(8)4-7(5)10-13(9,11)12/h2-4,10H,1H3. The van der Waals surface area contributed by atoms with Crippen molar-refractivity contribution in [2.24, 2.45) is 0 Å². The monoisotopic (exact) mass is 239 g/mol. The molecule has 0 aliphatic heterocycles. The molecule has 0 saturated carbocycles. The van der Waals surface area contributed by atoms with E-state index in [9.17, 15) is 8.42 Å². The predicted octanol–water partition coefficient (Wildman–Crippen LogP) is 2.54. The average Bonchev–Trinajstić information content (AvgIpc) is 1.94. The van der Waals surface area contributed by atoms with Crippen LogP contribution in [0.1, 0.15) is 5.56 Å². The van der Waals surface area contributed by atoms with Crippen LogP contribution in [-0.4, -0.2) is 8.42 Å². The van der Waals surface area contributed by atoms with Gasteiger partial charge in [-0.25, -0.2) is 0 Å². The van der Waals surface area contributed by atoms with Gasteiger partial charge in [-0.1, -0.05) is 17.7 Å². The van der Waals surface area contributed by atoms with Crippen LogP contribution < -0.4 is 4.72 Å². The minimum Gasteiger partial charge on any atom is -0.271 e. The number of hydrogen-bond acceptors (Lipinski definition) is 2. The van der Waals surface area contributed by atoms with Gasteiger partial charge in [0, 0.05) is 15.7 Å². The average molecular weight is 240 g/mol. The Morgan fingerprint density at radius 1 is 1.38 bits per heavy atom. The largest absolute Gasteiger partial charge is 0.319 e. The van der Waals surface area contributed by atoms with Crippen LogP contribution in [0.3, 0.4) is 0 Å². The summed E-state index contributed by atoms with van der Waals surface area (Å²) >= 11 is 5.67.